The molecule has 0 saturated heterocycles. The zero-order valence-corrected chi connectivity index (χ0v) is 76.2. The van der Waals surface area contributed by atoms with Gasteiger partial charge in [0, 0.05) is 13.8 Å². The molecule has 142 heavy (non-hydrogen) atoms. The Bertz CT molecular complexity index is 5590. The number of halogens is 24. The predicted molar refractivity (Wildman–Crippen MR) is 394 cm³/mol. The zero-order chi connectivity index (χ0) is 109. The third-order valence-corrected chi connectivity index (χ3v) is 19.6. The van der Waals surface area contributed by atoms with Crippen LogP contribution in [0.2, 0.25) is 0 Å². The SMILES string of the molecule is CC#N.CC#N.O=S(=O)([O-])C(F)(F)F.O=S(=O)([O-])C(F)(F)F.O=S(=O)([O-])C(F)(F)F.O=S(=O)([O-])C(F)(F)F.O=S(=O)([O-])C(F)(F)F.O=S(=O)([O-])C(F)(F)F.O=S(=O)([O-])C(F)(F)F.O=S(=O)([O-])C(F)(F)F.c1c2n[nH]c1Cn1cc[n+](c1)C[n+]1ccn(c1)Cc1cc(n[nH]1)Cn1cc[n+](c1)C[n+]1ccn(c1)C2.c1c2n[nH]c1Cn1cc[n+](c1)C[n+]1ccn(c1)Cc1cc(n[nH]1)Cn1cc[n+](c1)C[n+]1ccn(c1)C2. The van der Waals surface area contributed by atoms with E-state index in [9.17, 15) is 105 Å². The van der Waals surface area contributed by atoms with Crippen molar-refractivity contribution in [2.24, 2.45) is 0 Å². The molecular weight excluding hydrogens is 2180 g/mol. The molecule has 82 heteroatoms. The summed E-state index contributed by atoms with van der Waals surface area (Å²) in [6.07, 6.45) is 50.3. The van der Waals surface area contributed by atoms with Crippen molar-refractivity contribution >= 4 is 80.9 Å². The van der Waals surface area contributed by atoms with Gasteiger partial charge in [0.25, 0.3) is 0 Å². The van der Waals surface area contributed by atoms with Crippen LogP contribution in [0.3, 0.4) is 0 Å². The molecule has 0 aromatic carbocycles. The number of nitriles is 2. The van der Waals surface area contributed by atoms with Gasteiger partial charge in [-0.2, -0.15) is 173 Å². The fourth-order valence-electron chi connectivity index (χ4n) is 9.50. The van der Waals surface area contributed by atoms with Gasteiger partial charge in [0.15, 0.2) is 80.9 Å². The number of nitrogens with zero attached hydrogens (tertiary/aromatic N) is 22. The van der Waals surface area contributed by atoms with Crippen LogP contribution in [0.25, 0.3) is 0 Å². The first-order valence-electron chi connectivity index (χ1n) is 35.5. The second kappa shape index (κ2) is 49.2. The van der Waals surface area contributed by atoms with Crippen LogP contribution >= 0.6 is 0 Å². The number of hydrogen-bond acceptors (Lipinski definition) is 30. The molecule has 2 aliphatic heterocycles. The van der Waals surface area contributed by atoms with Crippen molar-refractivity contribution in [2.75, 3.05) is 0 Å². The quantitative estimate of drug-likeness (QED) is 0.0642. The molecule has 12 aromatic rings. The molecule has 14 rings (SSSR count). The van der Waals surface area contributed by atoms with Crippen molar-refractivity contribution in [2.45, 2.75) is 137 Å². The summed E-state index contributed by atoms with van der Waals surface area (Å²) in [6, 6.07) is 12.0. The summed E-state index contributed by atoms with van der Waals surface area (Å²) >= 11 is 0. The molecule has 0 radical (unpaired) electrons. The minimum absolute atomic E-state index is 0.718. The number of rotatable bonds is 0. The minimum atomic E-state index is -6.09. The van der Waals surface area contributed by atoms with E-state index in [1.807, 2.05) is 0 Å². The molecule has 2 aliphatic rings. The molecule has 14 heterocycles. The standard InChI is InChI=1S/2C24H28N12.2C2H3N.8CHF3O3S/c2*1-5-33-15-29(1)11-21-9-22(26-25-21)12-31-3-7-35(17-31)20-36-8-4-32(18-36)14-24-10-23(27-28-24)13-30-2-6-34(16-30)19-33;2*1-2-3;8*2-1(3,4)8(5,6)7/h2*1-10,15-18H,11-14,19-20H2,(H,25,26)(H,27,28);2*1H3;8*(H,5,6,7)/q2*+4;;;;;;;;;;/p-8. The lowest BCUT2D eigenvalue weighted by molar-refractivity contribution is -0.913. The Morgan fingerprint density at radius 2 is 0.345 bits per heavy atom. The van der Waals surface area contributed by atoms with Crippen LogP contribution in [0, 0.1) is 22.7 Å². The molecule has 0 fully saturated rings. The van der Waals surface area contributed by atoms with Gasteiger partial charge in [-0.25, -0.2) is 104 Å². The summed E-state index contributed by atoms with van der Waals surface area (Å²) in [5, 5.41) is 45.5. The van der Waals surface area contributed by atoms with Gasteiger partial charge in [0.1, 0.15) is 174 Å². The van der Waals surface area contributed by atoms with Crippen molar-refractivity contribution < 1.29 is 246 Å². The lowest BCUT2D eigenvalue weighted by atomic mass is 10.3. The number of fused-ring (bicyclic) bond motifs is 24. The van der Waals surface area contributed by atoms with Crippen molar-refractivity contribution in [1.29, 1.82) is 10.5 Å². The first kappa shape index (κ1) is 123. The lowest BCUT2D eigenvalue weighted by Crippen LogP contribution is -2.49. The summed E-state index contributed by atoms with van der Waals surface area (Å²) in [5.74, 6) is 0. The van der Waals surface area contributed by atoms with Crippen LogP contribution in [-0.2, 0) is 160 Å². The third kappa shape index (κ3) is 43.7. The highest BCUT2D eigenvalue weighted by Gasteiger charge is 2.42. The van der Waals surface area contributed by atoms with E-state index in [0.717, 1.165) is 125 Å². The number of aromatic nitrogens is 24. The molecule has 0 aliphatic carbocycles. The van der Waals surface area contributed by atoms with E-state index < -0.39 is 125 Å². The second-order valence-corrected chi connectivity index (χ2v) is 37.5. The summed E-state index contributed by atoms with van der Waals surface area (Å²) < 4.78 is 506. The van der Waals surface area contributed by atoms with E-state index >= 15 is 0 Å². The maximum atomic E-state index is 10.7. The molecule has 12 aromatic heterocycles. The minimum Gasteiger partial charge on any atom is -0.741 e. The van der Waals surface area contributed by atoms with Crippen molar-refractivity contribution in [3.05, 3.63) is 220 Å². The molecule has 792 valence electrons. The molecule has 50 nitrogen and oxygen atoms in total. The summed E-state index contributed by atoms with van der Waals surface area (Å²) in [7, 11) is -48.7. The lowest BCUT2D eigenvalue weighted by Gasteiger charge is -2.08. The van der Waals surface area contributed by atoms with Crippen LogP contribution < -0.4 is 36.5 Å². The number of aromatic amines is 4. The van der Waals surface area contributed by atoms with Gasteiger partial charge in [-0.05, 0) is 24.3 Å². The Labute approximate surface area is 779 Å². The van der Waals surface area contributed by atoms with Gasteiger partial charge < -0.3 is 36.4 Å². The average molecular weight is 2240 g/mol. The molecule has 0 amide bonds. The highest BCUT2D eigenvalue weighted by Crippen LogP contribution is 2.26. The Morgan fingerprint density at radius 1 is 0.246 bits per heavy atom. The third-order valence-electron chi connectivity index (χ3n) is 15.1. The monoisotopic (exact) mass is 2240 g/mol. The van der Waals surface area contributed by atoms with Gasteiger partial charge in [-0.3, -0.25) is 20.4 Å². The smallest absolute Gasteiger partial charge is 0.485 e. The fraction of sp³-hybridized carbons (Fsp3) is 0.367. The molecule has 4 N–H and O–H groups in total. The molecule has 0 spiro atoms. The van der Waals surface area contributed by atoms with Crippen LogP contribution in [-0.4, -0.2) is 225 Å². The van der Waals surface area contributed by atoms with E-state index in [2.05, 4.69) is 288 Å². The van der Waals surface area contributed by atoms with Crippen molar-refractivity contribution in [3.8, 4) is 12.1 Å². The van der Waals surface area contributed by atoms with Gasteiger partial charge in [0.05, 0.1) is 34.9 Å². The van der Waals surface area contributed by atoms with Crippen LogP contribution in [0.1, 0.15) is 59.4 Å². The van der Waals surface area contributed by atoms with Gasteiger partial charge in [0.2, 0.25) is 77.3 Å². The Hall–Kier alpha value is -12.9. The molecule has 0 saturated carbocycles. The largest absolute Gasteiger partial charge is 0.741 e. The second-order valence-electron chi connectivity index (χ2n) is 26.6. The first-order chi connectivity index (χ1) is 64.2. The summed E-state index contributed by atoms with van der Waals surface area (Å²) in [5.41, 5.74) is -36.8. The molecule has 24 bridgehead atoms. The van der Waals surface area contributed by atoms with Crippen LogP contribution in [0.15, 0.2) is 174 Å². The maximum Gasteiger partial charge on any atom is 0.485 e. The van der Waals surface area contributed by atoms with Gasteiger partial charge in [-0.15, -0.1) is 0 Å². The van der Waals surface area contributed by atoms with Gasteiger partial charge in [-0.1, -0.05) is 0 Å². The number of imidazole rings is 8. The van der Waals surface area contributed by atoms with E-state index in [4.69, 9.17) is 114 Å². The maximum absolute atomic E-state index is 10.7. The average Bonchev–Trinajstić information content (AvgIpc) is 1.70. The fourth-order valence-corrected chi connectivity index (χ4v) is 9.50. The summed E-state index contributed by atoms with van der Waals surface area (Å²) in [6.45, 7) is 11.7. The number of alkyl halides is 24. The Balaban J connectivity index is 0.000000446. The van der Waals surface area contributed by atoms with Crippen LogP contribution in [0.5, 0.6) is 0 Å². The molecule has 0 unspecified atom stereocenters. The molecule has 0 atom stereocenters. The van der Waals surface area contributed by atoms with E-state index in [1.54, 1.807) is 12.1 Å². The Morgan fingerprint density at radius 3 is 0.444 bits per heavy atom. The Kier molecular flexibility index (Phi) is 42.7. The van der Waals surface area contributed by atoms with E-state index in [1.165, 1.54) is 13.8 Å². The van der Waals surface area contributed by atoms with E-state index in [0.29, 0.717) is 0 Å². The first-order valence-corrected chi connectivity index (χ1v) is 46.8. The highest BCUT2D eigenvalue weighted by atomic mass is 32.3. The normalized spacial score (nSPS) is 13.5. The number of hydrogen-bond donors (Lipinski definition) is 4. The summed E-state index contributed by atoms with van der Waals surface area (Å²) in [4.78, 5) is 0. The van der Waals surface area contributed by atoms with Crippen molar-refractivity contribution in [3.63, 3.8) is 0 Å². The predicted octanol–water partition coefficient (Wildman–Crippen LogP) is -0.515. The molecular formula is C60H62F24N26O24S8. The van der Waals surface area contributed by atoms with Crippen LogP contribution in [0.4, 0.5) is 105 Å². The van der Waals surface area contributed by atoms with Crippen molar-refractivity contribution in [1.82, 2.24) is 77.3 Å². The zero-order valence-electron chi connectivity index (χ0n) is 69.6. The highest BCUT2D eigenvalue weighted by molar-refractivity contribution is 7.88. The number of H-pyrrole nitrogens is 4. The topological polar surface area (TPSA) is 690 Å². The van der Waals surface area contributed by atoms with Gasteiger partial charge >= 0.3 is 44.1 Å². The number of nitrogens with one attached hydrogen (secondary N) is 4. The van der Waals surface area contributed by atoms with E-state index in [-0.39, 0.29) is 0 Å².